The molecule has 0 unspecified atom stereocenters. The smallest absolute Gasteiger partial charge is 0.317 e. The molecule has 1 fully saturated rings. The van der Waals surface area contributed by atoms with E-state index >= 15 is 0 Å². The zero-order valence-electron chi connectivity index (χ0n) is 20.7. The molecule has 1 N–H and O–H groups in total. The van der Waals surface area contributed by atoms with E-state index in [1.165, 1.54) is 0 Å². The van der Waals surface area contributed by atoms with E-state index in [0.29, 0.717) is 31.9 Å². The number of carbonyl (C=O) groups excluding carboxylic acids is 1. The standard InChI is InChI=1S/C28H32N6O2/c1-2-3-15-23-30-26(24-25(32-36-27(24)31-23)22-13-8-5-9-14-22)33-16-10-17-34(19-18-33)28(35)29-20-21-11-6-4-7-12-21/h4-9,11-14H,2-3,10,15-20H2,1H3,(H,29,35). The molecule has 36 heavy (non-hydrogen) atoms. The van der Waals surface area contributed by atoms with Gasteiger partial charge in [0, 0.05) is 44.7 Å². The van der Waals surface area contributed by atoms with Crippen molar-refractivity contribution in [2.45, 2.75) is 39.2 Å². The van der Waals surface area contributed by atoms with Gasteiger partial charge in [0.05, 0.1) is 0 Å². The van der Waals surface area contributed by atoms with Gasteiger partial charge in [-0.05, 0) is 18.4 Å². The fourth-order valence-electron chi connectivity index (χ4n) is 4.57. The first-order chi connectivity index (χ1) is 17.7. The Bertz CT molecular complexity index is 1290. The van der Waals surface area contributed by atoms with Crippen LogP contribution in [0.4, 0.5) is 10.6 Å². The molecule has 0 spiro atoms. The minimum Gasteiger partial charge on any atom is -0.354 e. The van der Waals surface area contributed by atoms with Crippen molar-refractivity contribution >= 4 is 22.9 Å². The van der Waals surface area contributed by atoms with Gasteiger partial charge in [0.2, 0.25) is 0 Å². The molecule has 5 rings (SSSR count). The Morgan fingerprint density at radius 3 is 2.53 bits per heavy atom. The van der Waals surface area contributed by atoms with Crippen molar-refractivity contribution < 1.29 is 9.32 Å². The number of nitrogens with zero attached hydrogens (tertiary/aromatic N) is 5. The highest BCUT2D eigenvalue weighted by Crippen LogP contribution is 2.34. The number of hydrogen-bond donors (Lipinski definition) is 1. The molecule has 1 aliphatic heterocycles. The molecule has 1 saturated heterocycles. The maximum absolute atomic E-state index is 12.9. The number of unbranched alkanes of at least 4 members (excludes halogenated alkanes) is 1. The molecule has 2 aromatic carbocycles. The fraction of sp³-hybridized carbons (Fsp3) is 0.357. The lowest BCUT2D eigenvalue weighted by Crippen LogP contribution is -2.41. The summed E-state index contributed by atoms with van der Waals surface area (Å²) in [4.78, 5) is 26.7. The summed E-state index contributed by atoms with van der Waals surface area (Å²) in [5, 5.41) is 8.28. The number of amides is 2. The first-order valence-electron chi connectivity index (χ1n) is 12.8. The first-order valence-corrected chi connectivity index (χ1v) is 12.8. The third kappa shape index (κ3) is 5.32. The summed E-state index contributed by atoms with van der Waals surface area (Å²) in [6, 6.07) is 20.0. The third-order valence-corrected chi connectivity index (χ3v) is 6.53. The second-order valence-corrected chi connectivity index (χ2v) is 9.12. The van der Waals surface area contributed by atoms with Crippen LogP contribution < -0.4 is 10.2 Å². The molecule has 0 aliphatic carbocycles. The van der Waals surface area contributed by atoms with Gasteiger partial charge >= 0.3 is 6.03 Å². The van der Waals surface area contributed by atoms with Gasteiger partial charge in [0.25, 0.3) is 5.71 Å². The van der Waals surface area contributed by atoms with E-state index in [-0.39, 0.29) is 6.03 Å². The highest BCUT2D eigenvalue weighted by atomic mass is 16.5. The van der Waals surface area contributed by atoms with Crippen LogP contribution in [0.2, 0.25) is 0 Å². The minimum atomic E-state index is -0.0351. The Morgan fingerprint density at radius 1 is 0.972 bits per heavy atom. The average Bonchev–Trinajstić information content (AvgIpc) is 3.20. The fourth-order valence-corrected chi connectivity index (χ4v) is 4.57. The predicted molar refractivity (Wildman–Crippen MR) is 141 cm³/mol. The van der Waals surface area contributed by atoms with E-state index in [1.807, 2.05) is 65.6 Å². The van der Waals surface area contributed by atoms with Crippen LogP contribution in [0, 0.1) is 0 Å². The number of hydrogen-bond acceptors (Lipinski definition) is 6. The number of urea groups is 1. The summed E-state index contributed by atoms with van der Waals surface area (Å²) in [5.74, 6) is 1.62. The van der Waals surface area contributed by atoms with Crippen LogP contribution in [-0.4, -0.2) is 52.2 Å². The molecule has 186 valence electrons. The van der Waals surface area contributed by atoms with E-state index in [4.69, 9.17) is 14.5 Å². The highest BCUT2D eigenvalue weighted by Gasteiger charge is 2.25. The van der Waals surface area contributed by atoms with Gasteiger partial charge < -0.3 is 19.6 Å². The quantitative estimate of drug-likeness (QED) is 0.395. The first kappa shape index (κ1) is 23.8. The summed E-state index contributed by atoms with van der Waals surface area (Å²) >= 11 is 0. The summed E-state index contributed by atoms with van der Waals surface area (Å²) in [7, 11) is 0. The van der Waals surface area contributed by atoms with Gasteiger partial charge in [-0.2, -0.15) is 4.98 Å². The van der Waals surface area contributed by atoms with Crippen molar-refractivity contribution in [3.8, 4) is 11.3 Å². The zero-order valence-corrected chi connectivity index (χ0v) is 20.7. The van der Waals surface area contributed by atoms with Gasteiger partial charge in [0.1, 0.15) is 22.7 Å². The Kier molecular flexibility index (Phi) is 7.40. The second-order valence-electron chi connectivity index (χ2n) is 9.12. The molecule has 0 radical (unpaired) electrons. The highest BCUT2D eigenvalue weighted by molar-refractivity contribution is 5.98. The minimum absolute atomic E-state index is 0.0351. The normalized spacial score (nSPS) is 14.1. The SMILES string of the molecule is CCCCc1nc(N2CCCN(C(=O)NCc3ccccc3)CC2)c2c(-c3ccccc3)noc2n1. The van der Waals surface area contributed by atoms with Gasteiger partial charge in [-0.15, -0.1) is 0 Å². The monoisotopic (exact) mass is 484 g/mol. The zero-order chi connectivity index (χ0) is 24.7. The summed E-state index contributed by atoms with van der Waals surface area (Å²) in [5.41, 5.74) is 3.33. The molecule has 0 atom stereocenters. The molecule has 2 aromatic heterocycles. The molecule has 8 nitrogen and oxygen atoms in total. The van der Waals surface area contributed by atoms with Crippen molar-refractivity contribution in [3.05, 3.63) is 72.1 Å². The summed E-state index contributed by atoms with van der Waals surface area (Å²) in [6.45, 7) is 5.46. The van der Waals surface area contributed by atoms with Crippen LogP contribution in [0.5, 0.6) is 0 Å². The molecule has 8 heteroatoms. The van der Waals surface area contributed by atoms with E-state index in [9.17, 15) is 4.79 Å². The topological polar surface area (TPSA) is 87.4 Å². The van der Waals surface area contributed by atoms with Crippen LogP contribution in [0.25, 0.3) is 22.4 Å². The molecular weight excluding hydrogens is 452 g/mol. The Labute approximate surface area is 211 Å². The second kappa shape index (κ2) is 11.2. The van der Waals surface area contributed by atoms with E-state index in [0.717, 1.165) is 66.1 Å². The number of aryl methyl sites for hydroxylation is 1. The number of benzene rings is 2. The average molecular weight is 485 g/mol. The molecule has 3 heterocycles. The molecule has 0 saturated carbocycles. The van der Waals surface area contributed by atoms with Crippen molar-refractivity contribution in [3.63, 3.8) is 0 Å². The maximum Gasteiger partial charge on any atom is 0.317 e. The van der Waals surface area contributed by atoms with Crippen LogP contribution in [0.1, 0.15) is 37.6 Å². The number of rotatable bonds is 7. The lowest BCUT2D eigenvalue weighted by Gasteiger charge is -2.24. The number of carbonyl (C=O) groups is 1. The summed E-state index contributed by atoms with van der Waals surface area (Å²) in [6.07, 6.45) is 3.72. The van der Waals surface area contributed by atoms with Gasteiger partial charge in [0.15, 0.2) is 0 Å². The molecular formula is C28H32N6O2. The lowest BCUT2D eigenvalue weighted by molar-refractivity contribution is 0.201. The maximum atomic E-state index is 12.9. The predicted octanol–water partition coefficient (Wildman–Crippen LogP) is 5.05. The number of fused-ring (bicyclic) bond motifs is 1. The van der Waals surface area contributed by atoms with Crippen LogP contribution in [0.15, 0.2) is 65.2 Å². The van der Waals surface area contributed by atoms with Crippen molar-refractivity contribution in [1.82, 2.24) is 25.3 Å². The molecule has 0 bridgehead atoms. The Morgan fingerprint density at radius 2 is 1.75 bits per heavy atom. The number of anilines is 1. The van der Waals surface area contributed by atoms with Crippen molar-refractivity contribution in [2.24, 2.45) is 0 Å². The van der Waals surface area contributed by atoms with Crippen molar-refractivity contribution in [1.29, 1.82) is 0 Å². The lowest BCUT2D eigenvalue weighted by atomic mass is 10.1. The van der Waals surface area contributed by atoms with E-state index in [2.05, 4.69) is 22.3 Å². The van der Waals surface area contributed by atoms with Gasteiger partial charge in [-0.25, -0.2) is 9.78 Å². The number of aromatic nitrogens is 3. The van der Waals surface area contributed by atoms with Crippen LogP contribution in [0.3, 0.4) is 0 Å². The van der Waals surface area contributed by atoms with Crippen LogP contribution >= 0.6 is 0 Å². The van der Waals surface area contributed by atoms with E-state index in [1.54, 1.807) is 0 Å². The molecule has 1 aliphatic rings. The third-order valence-electron chi connectivity index (χ3n) is 6.53. The van der Waals surface area contributed by atoms with Crippen molar-refractivity contribution in [2.75, 3.05) is 31.1 Å². The molecule has 4 aromatic rings. The van der Waals surface area contributed by atoms with Crippen LogP contribution in [-0.2, 0) is 13.0 Å². The largest absolute Gasteiger partial charge is 0.354 e. The number of nitrogens with one attached hydrogen (secondary N) is 1. The van der Waals surface area contributed by atoms with Gasteiger partial charge in [-0.3, -0.25) is 0 Å². The summed E-state index contributed by atoms with van der Waals surface area (Å²) < 4.78 is 5.72. The Hall–Kier alpha value is -3.94. The Balaban J connectivity index is 1.38. The molecule has 2 amide bonds. The van der Waals surface area contributed by atoms with E-state index < -0.39 is 0 Å². The van der Waals surface area contributed by atoms with Gasteiger partial charge in [-0.1, -0.05) is 79.2 Å².